The van der Waals surface area contributed by atoms with Gasteiger partial charge in [0, 0.05) is 17.3 Å². The lowest BCUT2D eigenvalue weighted by Crippen LogP contribution is -2.37. The van der Waals surface area contributed by atoms with E-state index < -0.39 is 9.05 Å². The minimum absolute atomic E-state index is 0.0893. The Morgan fingerprint density at radius 1 is 1.14 bits per heavy atom. The molecule has 2 rings (SSSR count). The normalized spacial score (nSPS) is 34.5. The van der Waals surface area contributed by atoms with E-state index in [0.717, 1.165) is 31.8 Å². The molecule has 0 heterocycles. The molecule has 5 heteroatoms. The van der Waals surface area contributed by atoms with Crippen LogP contribution in [-0.4, -0.2) is 26.9 Å². The molecule has 0 radical (unpaired) electrons. The molecular weight excluding hydrogens is 308 g/mol. The SMILES string of the molecule is CC1(C)C2CCC1(C)C(OCCCCCCS(=O)(=O)Cl)C2. The largest absolute Gasteiger partial charge is 0.378 e. The molecule has 124 valence electrons. The summed E-state index contributed by atoms with van der Waals surface area (Å²) in [6.07, 6.45) is 7.87. The summed E-state index contributed by atoms with van der Waals surface area (Å²) >= 11 is 0. The smallest absolute Gasteiger partial charge is 0.232 e. The summed E-state index contributed by atoms with van der Waals surface area (Å²) in [5.74, 6) is 0.910. The van der Waals surface area contributed by atoms with Gasteiger partial charge in [-0.2, -0.15) is 0 Å². The van der Waals surface area contributed by atoms with Crippen LogP contribution in [-0.2, 0) is 13.8 Å². The van der Waals surface area contributed by atoms with Gasteiger partial charge in [-0.15, -0.1) is 0 Å². The highest BCUT2D eigenvalue weighted by molar-refractivity contribution is 8.13. The maximum absolute atomic E-state index is 10.8. The molecule has 2 saturated carbocycles. The molecule has 3 unspecified atom stereocenters. The minimum atomic E-state index is -3.32. The summed E-state index contributed by atoms with van der Waals surface area (Å²) in [5.41, 5.74) is 0.747. The first-order valence-corrected chi connectivity index (χ1v) is 10.7. The zero-order valence-electron chi connectivity index (χ0n) is 13.5. The number of ether oxygens (including phenoxy) is 1. The number of fused-ring (bicyclic) bond motifs is 2. The zero-order chi connectivity index (χ0) is 15.7. The maximum atomic E-state index is 10.8. The molecule has 2 aliphatic rings. The first kappa shape index (κ1) is 17.6. The molecule has 3 nitrogen and oxygen atoms in total. The Balaban J connectivity index is 1.63. The molecule has 3 atom stereocenters. The quantitative estimate of drug-likeness (QED) is 0.489. The van der Waals surface area contributed by atoms with E-state index in [1.54, 1.807) is 0 Å². The van der Waals surface area contributed by atoms with Crippen molar-refractivity contribution in [3.63, 3.8) is 0 Å². The molecule has 0 aromatic rings. The van der Waals surface area contributed by atoms with Crippen molar-refractivity contribution < 1.29 is 13.2 Å². The van der Waals surface area contributed by atoms with E-state index in [4.69, 9.17) is 15.4 Å². The fraction of sp³-hybridized carbons (Fsp3) is 1.00. The summed E-state index contributed by atoms with van der Waals surface area (Å²) in [7, 11) is 1.87. The molecule has 2 aliphatic carbocycles. The van der Waals surface area contributed by atoms with E-state index in [1.165, 1.54) is 19.3 Å². The second-order valence-corrected chi connectivity index (χ2v) is 10.5. The average molecular weight is 337 g/mol. The molecule has 0 N–H and O–H groups in total. The molecular formula is C16H29ClO3S. The van der Waals surface area contributed by atoms with Crippen LogP contribution in [0.25, 0.3) is 0 Å². The monoisotopic (exact) mass is 336 g/mol. The van der Waals surface area contributed by atoms with Crippen molar-refractivity contribution in [2.75, 3.05) is 12.4 Å². The van der Waals surface area contributed by atoms with Crippen LogP contribution in [0.1, 0.15) is 65.7 Å². The van der Waals surface area contributed by atoms with Crippen molar-refractivity contribution in [2.45, 2.75) is 71.8 Å². The van der Waals surface area contributed by atoms with Crippen LogP contribution < -0.4 is 0 Å². The first-order chi connectivity index (χ1) is 9.67. The average Bonchev–Trinajstić information content (AvgIpc) is 2.69. The van der Waals surface area contributed by atoms with Crippen molar-refractivity contribution >= 4 is 19.7 Å². The summed E-state index contributed by atoms with van der Waals surface area (Å²) < 4.78 is 27.8. The standard InChI is InChI=1S/C16H29ClO3S/c1-15(2)13-8-9-16(15,3)14(12-13)20-10-6-4-5-7-11-21(17,18)19/h13-14H,4-12H2,1-3H3. The van der Waals surface area contributed by atoms with Crippen molar-refractivity contribution in [2.24, 2.45) is 16.7 Å². The lowest BCUT2D eigenvalue weighted by molar-refractivity contribution is -0.0475. The molecule has 0 aliphatic heterocycles. The second-order valence-electron chi connectivity index (χ2n) is 7.63. The van der Waals surface area contributed by atoms with Gasteiger partial charge in [0.2, 0.25) is 9.05 Å². The molecule has 21 heavy (non-hydrogen) atoms. The number of rotatable bonds is 8. The minimum Gasteiger partial charge on any atom is -0.378 e. The summed E-state index contributed by atoms with van der Waals surface area (Å²) in [6, 6.07) is 0. The third-order valence-corrected chi connectivity index (χ3v) is 7.55. The Hall–Kier alpha value is 0.200. The molecule has 0 spiro atoms. The van der Waals surface area contributed by atoms with E-state index in [2.05, 4.69) is 20.8 Å². The van der Waals surface area contributed by atoms with Crippen LogP contribution in [0, 0.1) is 16.7 Å². The van der Waals surface area contributed by atoms with Gasteiger partial charge in [0.25, 0.3) is 0 Å². The molecule has 0 aromatic carbocycles. The van der Waals surface area contributed by atoms with Crippen LogP contribution in [0.4, 0.5) is 0 Å². The molecule has 2 bridgehead atoms. The third-order valence-electron chi connectivity index (χ3n) is 6.32. The summed E-state index contributed by atoms with van der Waals surface area (Å²) in [6.45, 7) is 8.01. The van der Waals surface area contributed by atoms with E-state index in [-0.39, 0.29) is 5.75 Å². The van der Waals surface area contributed by atoms with Crippen LogP contribution in [0.3, 0.4) is 0 Å². The van der Waals surface area contributed by atoms with Crippen molar-refractivity contribution in [1.82, 2.24) is 0 Å². The van der Waals surface area contributed by atoms with Gasteiger partial charge in [0.05, 0.1) is 11.9 Å². The fourth-order valence-corrected chi connectivity index (χ4v) is 5.21. The number of unbranched alkanes of at least 4 members (excludes halogenated alkanes) is 3. The van der Waals surface area contributed by atoms with E-state index in [1.807, 2.05) is 0 Å². The van der Waals surface area contributed by atoms with Crippen LogP contribution in [0.5, 0.6) is 0 Å². The van der Waals surface area contributed by atoms with Gasteiger partial charge in [-0.05, 0) is 48.9 Å². The Morgan fingerprint density at radius 2 is 1.81 bits per heavy atom. The summed E-state index contributed by atoms with van der Waals surface area (Å²) in [4.78, 5) is 0. The third kappa shape index (κ3) is 3.76. The van der Waals surface area contributed by atoms with Crippen molar-refractivity contribution in [3.8, 4) is 0 Å². The Kier molecular flexibility index (Phi) is 5.32. The first-order valence-electron chi connectivity index (χ1n) is 8.21. The van der Waals surface area contributed by atoms with Gasteiger partial charge < -0.3 is 4.74 Å². The second kappa shape index (κ2) is 6.37. The topological polar surface area (TPSA) is 43.4 Å². The van der Waals surface area contributed by atoms with Crippen LogP contribution in [0.2, 0.25) is 0 Å². The molecule has 0 saturated heterocycles. The van der Waals surface area contributed by atoms with Gasteiger partial charge >= 0.3 is 0 Å². The van der Waals surface area contributed by atoms with Gasteiger partial charge in [0.15, 0.2) is 0 Å². The molecule has 2 fully saturated rings. The van der Waals surface area contributed by atoms with Crippen LogP contribution >= 0.6 is 10.7 Å². The number of halogens is 1. The van der Waals surface area contributed by atoms with E-state index >= 15 is 0 Å². The highest BCUT2D eigenvalue weighted by Gasteiger charge is 2.61. The van der Waals surface area contributed by atoms with Gasteiger partial charge in [-0.1, -0.05) is 33.6 Å². The predicted molar refractivity (Wildman–Crippen MR) is 87.1 cm³/mol. The van der Waals surface area contributed by atoms with Crippen molar-refractivity contribution in [1.29, 1.82) is 0 Å². The summed E-state index contributed by atoms with van der Waals surface area (Å²) in [5, 5.41) is 0. The van der Waals surface area contributed by atoms with Gasteiger partial charge in [0.1, 0.15) is 0 Å². The predicted octanol–water partition coefficient (Wildman–Crippen LogP) is 4.35. The Labute approximate surface area is 134 Å². The fourth-order valence-electron chi connectivity index (χ4n) is 4.34. The van der Waals surface area contributed by atoms with Gasteiger partial charge in [-0.25, -0.2) is 8.42 Å². The molecule has 0 aromatic heterocycles. The maximum Gasteiger partial charge on any atom is 0.232 e. The van der Waals surface area contributed by atoms with E-state index in [9.17, 15) is 8.42 Å². The zero-order valence-corrected chi connectivity index (χ0v) is 15.1. The highest BCUT2D eigenvalue weighted by atomic mass is 35.7. The number of hydrogen-bond donors (Lipinski definition) is 0. The number of hydrogen-bond acceptors (Lipinski definition) is 3. The van der Waals surface area contributed by atoms with Crippen molar-refractivity contribution in [3.05, 3.63) is 0 Å². The lowest BCUT2D eigenvalue weighted by Gasteiger charge is -2.39. The lowest BCUT2D eigenvalue weighted by atomic mass is 9.70. The van der Waals surface area contributed by atoms with Gasteiger partial charge in [-0.3, -0.25) is 0 Å². The Bertz CT molecular complexity index is 460. The van der Waals surface area contributed by atoms with E-state index in [0.29, 0.717) is 23.4 Å². The Morgan fingerprint density at radius 3 is 2.33 bits per heavy atom. The van der Waals surface area contributed by atoms with Crippen LogP contribution in [0.15, 0.2) is 0 Å². The molecule has 0 amide bonds. The highest BCUT2D eigenvalue weighted by Crippen LogP contribution is 2.66.